The lowest BCUT2D eigenvalue weighted by Crippen LogP contribution is -2.63. The first-order valence-corrected chi connectivity index (χ1v) is 22.0. The molecular formula is C46H74N8O6S. The molecule has 1 aliphatic heterocycles. The van der Waals surface area contributed by atoms with Gasteiger partial charge in [0.15, 0.2) is 4.87 Å². The first-order valence-electron chi connectivity index (χ1n) is 21.5. The summed E-state index contributed by atoms with van der Waals surface area (Å²) in [7, 11) is 3.52. The Bertz CT molecular complexity index is 1750. The number of hydrogen-bond donors (Lipinski definition) is 6. The summed E-state index contributed by atoms with van der Waals surface area (Å²) in [5.41, 5.74) is -1.03. The number of carbonyl (C=O) groups excluding carboxylic acids is 6. The minimum atomic E-state index is -1.50. The Morgan fingerprint density at radius 3 is 1.92 bits per heavy atom. The van der Waals surface area contributed by atoms with Crippen molar-refractivity contribution in [1.29, 1.82) is 0 Å². The first kappa shape index (κ1) is 51.2. The van der Waals surface area contributed by atoms with E-state index in [2.05, 4.69) is 84.3 Å². The van der Waals surface area contributed by atoms with E-state index in [-0.39, 0.29) is 51.5 Å². The predicted octanol–water partition coefficient (Wildman–Crippen LogP) is 5.17. The fraction of sp³-hybridized carbons (Fsp3) is 0.696. The average Bonchev–Trinajstić information content (AvgIpc) is 3.98. The van der Waals surface area contributed by atoms with Crippen LogP contribution in [-0.4, -0.2) is 101 Å². The van der Waals surface area contributed by atoms with E-state index in [4.69, 9.17) is 22.2 Å². The molecule has 5 N–H and O–H groups in total. The number of aromatic nitrogens is 2. The van der Waals surface area contributed by atoms with Crippen molar-refractivity contribution in [3.63, 3.8) is 0 Å². The molecule has 5 aliphatic rings. The van der Waals surface area contributed by atoms with Crippen molar-refractivity contribution in [3.05, 3.63) is 49.2 Å². The van der Waals surface area contributed by atoms with Gasteiger partial charge in [-0.2, -0.15) is 0 Å². The number of nitrogens with one attached hydrogen (secondary N) is 5. The van der Waals surface area contributed by atoms with Crippen LogP contribution in [0.15, 0.2) is 43.5 Å². The van der Waals surface area contributed by atoms with Crippen LogP contribution in [0.4, 0.5) is 0 Å². The number of thiol groups is 1. The second-order valence-corrected chi connectivity index (χ2v) is 20.8. The van der Waals surface area contributed by atoms with E-state index in [9.17, 15) is 14.4 Å². The molecule has 6 atom stereocenters. The van der Waals surface area contributed by atoms with Crippen LogP contribution < -0.4 is 26.6 Å². The molecule has 0 radical (unpaired) electrons. The predicted molar refractivity (Wildman–Crippen MR) is 242 cm³/mol. The summed E-state index contributed by atoms with van der Waals surface area (Å²) in [5.74, 6) is -1.41. The highest BCUT2D eigenvalue weighted by Gasteiger charge is 2.87. The van der Waals surface area contributed by atoms with Gasteiger partial charge in [-0.3, -0.25) is 24.2 Å². The van der Waals surface area contributed by atoms with Crippen LogP contribution in [0.5, 0.6) is 0 Å². The normalized spacial score (nSPS) is 27.7. The highest BCUT2D eigenvalue weighted by Crippen LogP contribution is 2.89. The smallest absolute Gasteiger partial charge is 0.272 e. The van der Waals surface area contributed by atoms with E-state index >= 15 is 4.79 Å². The van der Waals surface area contributed by atoms with Gasteiger partial charge in [0.25, 0.3) is 11.8 Å². The minimum Gasteiger partial charge on any atom is -0.375 e. The van der Waals surface area contributed by atoms with Crippen LogP contribution in [0.1, 0.15) is 130 Å². The highest BCUT2D eigenvalue weighted by molar-refractivity contribution is 7.82. The third-order valence-corrected chi connectivity index (χ3v) is 15.1. The molecule has 2 spiro atoms. The van der Waals surface area contributed by atoms with Crippen molar-refractivity contribution < 1.29 is 28.8 Å². The minimum absolute atomic E-state index is 0.0376. The number of likely N-dealkylation sites (N-methyl/N-ethyl adjacent to an activating group) is 1. The fourth-order valence-corrected chi connectivity index (χ4v) is 10.8. The van der Waals surface area contributed by atoms with Gasteiger partial charge in [-0.05, 0) is 88.5 Å². The fourth-order valence-electron chi connectivity index (χ4n) is 10.3. The number of likely N-dealkylation sites (tertiary alicyclic amines) is 1. The van der Waals surface area contributed by atoms with Crippen LogP contribution in [0.2, 0.25) is 0 Å². The van der Waals surface area contributed by atoms with E-state index in [1.54, 1.807) is 18.0 Å². The van der Waals surface area contributed by atoms with Gasteiger partial charge in [-0.15, -0.1) is 19.2 Å². The Labute approximate surface area is 369 Å². The number of nitrogens with zero attached hydrogens (tertiary/aromatic N) is 3. The zero-order chi connectivity index (χ0) is 46.4. The zero-order valence-electron chi connectivity index (χ0n) is 38.5. The lowest BCUT2D eigenvalue weighted by Gasteiger charge is -2.41. The number of amides is 4. The quantitative estimate of drug-likeness (QED) is 0.128. The van der Waals surface area contributed by atoms with Gasteiger partial charge in [0.2, 0.25) is 11.8 Å². The number of rotatable bonds is 11. The molecule has 61 heavy (non-hydrogen) atoms. The van der Waals surface area contributed by atoms with E-state index in [0.717, 1.165) is 51.4 Å². The third kappa shape index (κ3) is 9.77. The Balaban J connectivity index is 0.000000902. The second-order valence-electron chi connectivity index (χ2n) is 20.0. The molecule has 15 heteroatoms. The second kappa shape index (κ2) is 19.5. The summed E-state index contributed by atoms with van der Waals surface area (Å²) in [4.78, 5) is 80.8. The summed E-state index contributed by atoms with van der Waals surface area (Å²) in [6.07, 6.45) is 15.3. The van der Waals surface area contributed by atoms with E-state index in [1.165, 1.54) is 18.6 Å². The molecule has 3 unspecified atom stereocenters. The molecule has 5 fully saturated rings. The summed E-state index contributed by atoms with van der Waals surface area (Å²) in [6, 6.07) is -1.25. The molecule has 1 saturated heterocycles. The lowest BCUT2D eigenvalue weighted by atomic mass is 9.73. The summed E-state index contributed by atoms with van der Waals surface area (Å²) in [5, 5.41) is 15.6. The molecule has 0 aromatic carbocycles. The molecule has 4 aliphatic carbocycles. The molecule has 2 heterocycles. The van der Waals surface area contributed by atoms with Gasteiger partial charge in [-0.1, -0.05) is 73.0 Å². The number of fused-ring (bicyclic) bond motifs is 1. The molecule has 6 rings (SSSR count). The summed E-state index contributed by atoms with van der Waals surface area (Å²) < 4.78 is 0. The van der Waals surface area contributed by atoms with Gasteiger partial charge in [0.1, 0.15) is 30.9 Å². The van der Waals surface area contributed by atoms with E-state index in [0.29, 0.717) is 30.6 Å². The van der Waals surface area contributed by atoms with Crippen molar-refractivity contribution in [1.82, 2.24) is 41.5 Å². The Morgan fingerprint density at radius 2 is 1.49 bits per heavy atom. The molecule has 1 aromatic heterocycles. The van der Waals surface area contributed by atoms with Gasteiger partial charge < -0.3 is 41.1 Å². The topological polar surface area (TPSA) is 192 Å². The molecule has 0 bridgehead atoms. The van der Waals surface area contributed by atoms with Crippen molar-refractivity contribution in [2.45, 2.75) is 148 Å². The van der Waals surface area contributed by atoms with E-state index < -0.39 is 33.8 Å². The van der Waals surface area contributed by atoms with Crippen LogP contribution in [0.25, 0.3) is 0 Å². The lowest BCUT2D eigenvalue weighted by molar-refractivity contribution is -0.144. The molecule has 14 nitrogen and oxygen atoms in total. The maximum Gasteiger partial charge on any atom is 0.272 e. The van der Waals surface area contributed by atoms with Crippen molar-refractivity contribution >= 4 is 49.8 Å². The standard InChI is InChI=1S/C39H57N7O4S.C5H13N.2CH2O/c1-9-26-20-38(26,32(49)40-8)45-33(50)39(51)22-37(35(6,7)36(37)16-13-17-36)23-46(39)31(48)29(34(3,4)5)43-24(2)28(25-14-11-10-12-15-25)44-30(47)27-21-41-18-19-42-27;1-5(2,3)6-4;2*1-2/h9,18-19,21,25-26,28-29,43,51H,1-2,10-17,20,22-23H2,3-8H3,(H,40,49)(H,44,47)(H,45,50);6H,1-4H3;2*1H2/t26?,28-,29?,37?,38-,39-;;;/m1.../s1. The Kier molecular flexibility index (Phi) is 16.4. The first-order chi connectivity index (χ1) is 28.5. The van der Waals surface area contributed by atoms with Crippen LogP contribution >= 0.6 is 12.6 Å². The average molecular weight is 867 g/mol. The maximum atomic E-state index is 15.2. The number of hydrogen-bond acceptors (Lipinski definition) is 11. The molecule has 340 valence electrons. The Hall–Kier alpha value is -4.11. The Morgan fingerprint density at radius 1 is 0.902 bits per heavy atom. The van der Waals surface area contributed by atoms with Gasteiger partial charge in [-0.25, -0.2) is 4.98 Å². The molecule has 1 aromatic rings. The monoisotopic (exact) mass is 867 g/mol. The van der Waals surface area contributed by atoms with E-state index in [1.807, 2.05) is 41.4 Å². The van der Waals surface area contributed by atoms with Gasteiger partial charge in [0, 0.05) is 48.6 Å². The molecule has 4 saturated carbocycles. The SMILES string of the molecule is C=CC1C[C@]1(NC(=O)[C@]1(S)CC2(CN1C(=O)C(NC(=C)[C@@H](NC(=O)c1cnccn1)C1CCCCC1)C(C)(C)C)C(C)(C)C21CCC1)C(=O)NC.C=O.C=O.CNC(C)(C)C. The molecular weight excluding hydrogens is 793 g/mol. The largest absolute Gasteiger partial charge is 0.375 e. The summed E-state index contributed by atoms with van der Waals surface area (Å²) >= 11 is 5.18. The van der Waals surface area contributed by atoms with Gasteiger partial charge in [0.05, 0.1) is 12.2 Å². The van der Waals surface area contributed by atoms with Crippen LogP contribution in [0, 0.1) is 33.5 Å². The van der Waals surface area contributed by atoms with Crippen molar-refractivity contribution in [2.75, 3.05) is 20.6 Å². The third-order valence-electron chi connectivity index (χ3n) is 14.5. The van der Waals surface area contributed by atoms with Crippen LogP contribution in [0.3, 0.4) is 0 Å². The maximum absolute atomic E-state index is 15.2. The highest BCUT2D eigenvalue weighted by atomic mass is 32.1. The zero-order valence-corrected chi connectivity index (χ0v) is 39.4. The molecule has 4 amide bonds. The van der Waals surface area contributed by atoms with Crippen molar-refractivity contribution in [2.24, 2.45) is 33.5 Å². The van der Waals surface area contributed by atoms with Crippen LogP contribution in [-0.2, 0) is 24.0 Å². The number of carbonyl (C=O) groups is 6. The summed E-state index contributed by atoms with van der Waals surface area (Å²) in [6.45, 7) is 29.6. The van der Waals surface area contributed by atoms with Crippen molar-refractivity contribution in [3.8, 4) is 0 Å². The van der Waals surface area contributed by atoms with Gasteiger partial charge >= 0.3 is 0 Å².